The Morgan fingerprint density at radius 3 is 2.72 bits per heavy atom. The van der Waals surface area contributed by atoms with Gasteiger partial charge in [-0.15, -0.1) is 5.10 Å². The molecule has 0 aliphatic heterocycles. The number of aromatic amines is 1. The second-order valence-corrected chi connectivity index (χ2v) is 8.37. The number of nitrogens with one attached hydrogen (secondary N) is 2. The van der Waals surface area contributed by atoms with Crippen molar-refractivity contribution >= 4 is 38.4 Å². The van der Waals surface area contributed by atoms with Crippen molar-refractivity contribution in [2.45, 2.75) is 13.8 Å². The fourth-order valence-corrected chi connectivity index (χ4v) is 4.24. The highest BCUT2D eigenvalue weighted by molar-refractivity contribution is 9.10. The van der Waals surface area contributed by atoms with Gasteiger partial charge >= 0.3 is 0 Å². The monoisotopic (exact) mass is 491 g/mol. The van der Waals surface area contributed by atoms with Crippen molar-refractivity contribution in [3.8, 4) is 22.5 Å². The van der Waals surface area contributed by atoms with Gasteiger partial charge in [0.25, 0.3) is 5.91 Å². The van der Waals surface area contributed by atoms with Gasteiger partial charge in [0.15, 0.2) is 5.82 Å². The van der Waals surface area contributed by atoms with Gasteiger partial charge in [-0.2, -0.15) is 0 Å². The molecule has 0 fully saturated rings. The lowest BCUT2D eigenvalue weighted by Crippen LogP contribution is -2.16. The molecule has 2 N–H and O–H groups in total. The number of aryl methyl sites for hydroxylation is 3. The van der Waals surface area contributed by atoms with Crippen LogP contribution in [0.1, 0.15) is 21.9 Å². The minimum Gasteiger partial charge on any atom is -0.361 e. The summed E-state index contributed by atoms with van der Waals surface area (Å²) < 4.78 is 8.03. The molecule has 0 aliphatic rings. The molecule has 0 spiro atoms. The Morgan fingerprint density at radius 2 is 2.00 bits per heavy atom. The number of aromatic nitrogens is 6. The molecule has 0 radical (unpaired) electrons. The fourth-order valence-electron chi connectivity index (χ4n) is 3.88. The molecule has 32 heavy (non-hydrogen) atoms. The second kappa shape index (κ2) is 7.72. The van der Waals surface area contributed by atoms with Gasteiger partial charge in [0.2, 0.25) is 0 Å². The molecule has 3 heterocycles. The quantitative estimate of drug-likeness (QED) is 0.378. The molecule has 0 saturated carbocycles. The highest BCUT2D eigenvalue weighted by atomic mass is 79.9. The van der Waals surface area contributed by atoms with Crippen LogP contribution in [0.2, 0.25) is 0 Å². The van der Waals surface area contributed by atoms with E-state index in [1.54, 1.807) is 6.07 Å². The molecular weight excluding hydrogens is 474 g/mol. The number of hydrogen-bond donors (Lipinski definition) is 2. The summed E-state index contributed by atoms with van der Waals surface area (Å²) in [6.45, 7) is 3.81. The number of tetrazole rings is 1. The van der Waals surface area contributed by atoms with Crippen LogP contribution in [0.25, 0.3) is 33.4 Å². The number of nitrogens with zero attached hydrogens (tertiary/aromatic N) is 5. The van der Waals surface area contributed by atoms with Gasteiger partial charge in [0.05, 0.1) is 11.4 Å². The van der Waals surface area contributed by atoms with Gasteiger partial charge in [-0.1, -0.05) is 33.2 Å². The maximum atomic E-state index is 13.2. The van der Waals surface area contributed by atoms with Gasteiger partial charge in [0.1, 0.15) is 11.5 Å². The highest BCUT2D eigenvalue weighted by Crippen LogP contribution is 2.32. The Bertz CT molecular complexity index is 1450. The smallest absolute Gasteiger partial charge is 0.272 e. The molecule has 5 rings (SSSR count). The number of rotatable bonds is 4. The zero-order valence-electron chi connectivity index (χ0n) is 17.5. The van der Waals surface area contributed by atoms with Crippen molar-refractivity contribution in [1.82, 2.24) is 30.3 Å². The van der Waals surface area contributed by atoms with E-state index in [9.17, 15) is 4.79 Å². The van der Waals surface area contributed by atoms with E-state index in [4.69, 9.17) is 4.52 Å². The fraction of sp³-hybridized carbons (Fsp3) is 0.136. The lowest BCUT2D eigenvalue weighted by atomic mass is 10.0. The predicted octanol–water partition coefficient (Wildman–Crippen LogP) is 4.65. The third kappa shape index (κ3) is 3.38. The van der Waals surface area contributed by atoms with Gasteiger partial charge in [-0.05, 0) is 60.2 Å². The Morgan fingerprint density at radius 1 is 1.16 bits per heavy atom. The molecule has 9 nitrogen and oxygen atoms in total. The minimum atomic E-state index is -0.237. The molecular formula is C22H18BrN7O2. The zero-order valence-corrected chi connectivity index (χ0v) is 19.1. The number of carbonyl (C=O) groups is 1. The lowest BCUT2D eigenvalue weighted by Gasteiger charge is -2.10. The SMILES string of the molecule is Cc1noc(C)c1-c1ccc2cc(C(=O)Nc3ccc(Br)cc3-c3nnn[nH]3)n(C)c2c1. The maximum absolute atomic E-state index is 13.2. The van der Waals surface area contributed by atoms with Crippen LogP contribution < -0.4 is 5.32 Å². The van der Waals surface area contributed by atoms with Crippen molar-refractivity contribution in [3.05, 3.63) is 64.1 Å². The average Bonchev–Trinajstić information content (AvgIpc) is 3.50. The number of amides is 1. The number of fused-ring (bicyclic) bond motifs is 1. The number of anilines is 1. The molecule has 160 valence electrons. The topological polar surface area (TPSA) is 115 Å². The summed E-state index contributed by atoms with van der Waals surface area (Å²) in [4.78, 5) is 13.2. The van der Waals surface area contributed by atoms with Crippen molar-refractivity contribution in [3.63, 3.8) is 0 Å². The highest BCUT2D eigenvalue weighted by Gasteiger charge is 2.18. The normalized spacial score (nSPS) is 11.2. The molecule has 10 heteroatoms. The van der Waals surface area contributed by atoms with E-state index in [1.807, 2.05) is 61.9 Å². The number of hydrogen-bond acceptors (Lipinski definition) is 6. The van der Waals surface area contributed by atoms with Crippen LogP contribution in [0.5, 0.6) is 0 Å². The van der Waals surface area contributed by atoms with E-state index >= 15 is 0 Å². The molecule has 0 saturated heterocycles. The van der Waals surface area contributed by atoms with Crippen molar-refractivity contribution in [2.24, 2.45) is 7.05 Å². The van der Waals surface area contributed by atoms with E-state index in [0.29, 0.717) is 22.8 Å². The third-order valence-electron chi connectivity index (χ3n) is 5.43. The zero-order chi connectivity index (χ0) is 22.4. The molecule has 0 atom stereocenters. The standard InChI is InChI=1S/C22H18BrN7O2/c1-11-20(12(2)32-27-11)14-5-4-13-8-19(30(3)18(13)9-14)22(31)24-17-7-6-15(23)10-16(17)21-25-28-29-26-21/h4-10H,1-3H3,(H,24,31)(H,25,26,28,29). The largest absolute Gasteiger partial charge is 0.361 e. The lowest BCUT2D eigenvalue weighted by molar-refractivity contribution is 0.102. The second-order valence-electron chi connectivity index (χ2n) is 7.46. The number of halogens is 1. The van der Waals surface area contributed by atoms with Crippen LogP contribution in [0, 0.1) is 13.8 Å². The molecule has 5 aromatic rings. The summed E-state index contributed by atoms with van der Waals surface area (Å²) in [6.07, 6.45) is 0. The molecule has 0 unspecified atom stereocenters. The van der Waals surface area contributed by atoms with Crippen LogP contribution in [0.3, 0.4) is 0 Å². The Hall–Kier alpha value is -3.79. The number of H-pyrrole nitrogens is 1. The first-order valence-corrected chi connectivity index (χ1v) is 10.6. The van der Waals surface area contributed by atoms with E-state index in [2.05, 4.69) is 47.0 Å². The van der Waals surface area contributed by atoms with E-state index < -0.39 is 0 Å². The van der Waals surface area contributed by atoms with Crippen molar-refractivity contribution in [2.75, 3.05) is 5.32 Å². The summed E-state index contributed by atoms with van der Waals surface area (Å²) in [5.41, 5.74) is 5.53. The van der Waals surface area contributed by atoms with E-state index in [1.165, 1.54) is 0 Å². The molecule has 1 amide bonds. The summed E-state index contributed by atoms with van der Waals surface area (Å²) in [7, 11) is 1.87. The van der Waals surface area contributed by atoms with Crippen LogP contribution in [0.4, 0.5) is 5.69 Å². The Balaban J connectivity index is 1.52. The summed E-state index contributed by atoms with van der Waals surface area (Å²) in [5.74, 6) is 0.986. The van der Waals surface area contributed by atoms with E-state index in [0.717, 1.165) is 38.0 Å². The van der Waals surface area contributed by atoms with Crippen LogP contribution in [0.15, 0.2) is 51.5 Å². The molecule has 0 bridgehead atoms. The van der Waals surface area contributed by atoms with Crippen LogP contribution >= 0.6 is 15.9 Å². The predicted molar refractivity (Wildman–Crippen MR) is 123 cm³/mol. The molecule has 0 aliphatic carbocycles. The maximum Gasteiger partial charge on any atom is 0.272 e. The summed E-state index contributed by atoms with van der Waals surface area (Å²) >= 11 is 3.45. The summed E-state index contributed by atoms with van der Waals surface area (Å²) in [5, 5.41) is 21.9. The van der Waals surface area contributed by atoms with Gasteiger partial charge < -0.3 is 14.4 Å². The van der Waals surface area contributed by atoms with Gasteiger partial charge in [0, 0.05) is 33.6 Å². The van der Waals surface area contributed by atoms with Gasteiger partial charge in [-0.25, -0.2) is 5.10 Å². The van der Waals surface area contributed by atoms with Crippen LogP contribution in [-0.2, 0) is 7.05 Å². The Labute approximate surface area is 190 Å². The summed E-state index contributed by atoms with van der Waals surface area (Å²) in [6, 6.07) is 13.4. The third-order valence-corrected chi connectivity index (χ3v) is 5.92. The first-order valence-electron chi connectivity index (χ1n) is 9.80. The molecule has 2 aromatic carbocycles. The van der Waals surface area contributed by atoms with Crippen LogP contribution in [-0.4, -0.2) is 36.3 Å². The number of benzene rings is 2. The first kappa shape index (κ1) is 20.1. The minimum absolute atomic E-state index is 0.237. The molecule has 3 aromatic heterocycles. The Kier molecular flexibility index (Phi) is 4.86. The van der Waals surface area contributed by atoms with E-state index in [-0.39, 0.29) is 5.91 Å². The van der Waals surface area contributed by atoms with Gasteiger partial charge in [-0.3, -0.25) is 4.79 Å². The average molecular weight is 492 g/mol. The van der Waals surface area contributed by atoms with Crippen molar-refractivity contribution < 1.29 is 9.32 Å². The first-order chi connectivity index (χ1) is 15.4. The van der Waals surface area contributed by atoms with Crippen molar-refractivity contribution in [1.29, 1.82) is 0 Å². The number of carbonyl (C=O) groups excluding carboxylic acids is 1.